The van der Waals surface area contributed by atoms with Crippen LogP contribution in [0.3, 0.4) is 0 Å². The highest BCUT2D eigenvalue weighted by Gasteiger charge is 2.05. The number of halogens is 1. The number of thiazole rings is 1. The summed E-state index contributed by atoms with van der Waals surface area (Å²) in [5.41, 5.74) is 7.01. The third-order valence-electron chi connectivity index (χ3n) is 2.85. The van der Waals surface area contributed by atoms with Gasteiger partial charge in [-0.05, 0) is 26.7 Å². The second-order valence-electron chi connectivity index (χ2n) is 4.46. The van der Waals surface area contributed by atoms with E-state index in [-0.39, 0.29) is 24.0 Å². The van der Waals surface area contributed by atoms with Gasteiger partial charge >= 0.3 is 0 Å². The maximum atomic E-state index is 5.79. The molecule has 0 aliphatic rings. The van der Waals surface area contributed by atoms with Gasteiger partial charge in [0.1, 0.15) is 0 Å². The van der Waals surface area contributed by atoms with Gasteiger partial charge in [-0.15, -0.1) is 35.3 Å². The van der Waals surface area contributed by atoms with Gasteiger partial charge in [0.15, 0.2) is 5.96 Å². The Hall–Kier alpha value is -0.410. The van der Waals surface area contributed by atoms with Crippen LogP contribution in [0.2, 0.25) is 0 Å². The van der Waals surface area contributed by atoms with Crippen molar-refractivity contribution >= 4 is 41.3 Å². The number of aromatic nitrogens is 1. The lowest BCUT2D eigenvalue weighted by Crippen LogP contribution is -2.33. The quantitative estimate of drug-likeness (QED) is 0.276. The molecule has 0 saturated carbocycles. The normalized spacial score (nSPS) is 11.3. The van der Waals surface area contributed by atoms with E-state index in [1.54, 1.807) is 11.3 Å². The van der Waals surface area contributed by atoms with E-state index in [0.29, 0.717) is 12.5 Å². The first-order valence-electron chi connectivity index (χ1n) is 7.24. The molecule has 0 bridgehead atoms. The lowest BCUT2D eigenvalue weighted by Gasteiger charge is -2.04. The molecule has 21 heavy (non-hydrogen) atoms. The summed E-state index contributed by atoms with van der Waals surface area (Å²) in [4.78, 5) is 10.2. The highest BCUT2D eigenvalue weighted by molar-refractivity contribution is 14.0. The Labute approximate surface area is 148 Å². The second-order valence-corrected chi connectivity index (χ2v) is 5.75. The molecule has 122 valence electrons. The Kier molecular flexibility index (Phi) is 11.9. The summed E-state index contributed by atoms with van der Waals surface area (Å²) in [5, 5.41) is 4.29. The molecule has 0 spiro atoms. The minimum atomic E-state index is 0. The van der Waals surface area contributed by atoms with E-state index in [9.17, 15) is 0 Å². The lowest BCUT2D eigenvalue weighted by molar-refractivity contribution is 0.146. The van der Waals surface area contributed by atoms with E-state index in [1.807, 2.05) is 6.92 Å². The van der Waals surface area contributed by atoms with Crippen LogP contribution in [-0.2, 0) is 17.6 Å². The van der Waals surface area contributed by atoms with Gasteiger partial charge in [-0.25, -0.2) is 4.98 Å². The molecule has 1 heterocycles. The standard InChI is InChI=1S/C14H26N4OS.HI/c1-4-12-11(3)20-13(18-12)7-9-17-14(15)16-8-6-10-19-5-2;/h4-10H2,1-3H3,(H3,15,16,17);1H. The van der Waals surface area contributed by atoms with Crippen LogP contribution in [0.25, 0.3) is 0 Å². The average Bonchev–Trinajstić information content (AvgIpc) is 2.79. The topological polar surface area (TPSA) is 72.5 Å². The average molecular weight is 426 g/mol. The van der Waals surface area contributed by atoms with Crippen molar-refractivity contribution in [2.24, 2.45) is 10.7 Å². The van der Waals surface area contributed by atoms with Crippen LogP contribution in [0, 0.1) is 6.92 Å². The zero-order valence-corrected chi connectivity index (χ0v) is 16.3. The van der Waals surface area contributed by atoms with Crippen molar-refractivity contribution < 1.29 is 4.74 Å². The van der Waals surface area contributed by atoms with Crippen LogP contribution in [0.4, 0.5) is 0 Å². The molecule has 3 N–H and O–H groups in total. The molecular formula is C14H27IN4OS. The molecule has 0 aliphatic heterocycles. The molecule has 0 unspecified atom stereocenters. The first-order chi connectivity index (χ1) is 9.67. The highest BCUT2D eigenvalue weighted by atomic mass is 127. The van der Waals surface area contributed by atoms with Crippen molar-refractivity contribution in [3.8, 4) is 0 Å². The number of aryl methyl sites for hydroxylation is 2. The zero-order valence-electron chi connectivity index (χ0n) is 13.1. The Morgan fingerprint density at radius 2 is 2.19 bits per heavy atom. The van der Waals surface area contributed by atoms with E-state index in [0.717, 1.165) is 44.0 Å². The van der Waals surface area contributed by atoms with E-state index in [4.69, 9.17) is 10.5 Å². The van der Waals surface area contributed by atoms with Crippen LogP contribution >= 0.6 is 35.3 Å². The summed E-state index contributed by atoms with van der Waals surface area (Å²) < 4.78 is 5.24. The number of ether oxygens (including phenoxy) is 1. The van der Waals surface area contributed by atoms with Crippen molar-refractivity contribution in [1.29, 1.82) is 0 Å². The monoisotopic (exact) mass is 426 g/mol. The number of guanidine groups is 1. The minimum Gasteiger partial charge on any atom is -0.382 e. The van der Waals surface area contributed by atoms with Gasteiger partial charge in [0.05, 0.1) is 10.7 Å². The number of rotatable bonds is 9. The SMILES string of the molecule is CCOCCCN=C(N)NCCc1nc(CC)c(C)s1.I. The zero-order chi connectivity index (χ0) is 14.8. The summed E-state index contributed by atoms with van der Waals surface area (Å²) in [6.07, 6.45) is 2.79. The third kappa shape index (κ3) is 8.57. The van der Waals surface area contributed by atoms with Gasteiger partial charge in [0.25, 0.3) is 0 Å². The summed E-state index contributed by atoms with van der Waals surface area (Å²) in [7, 11) is 0. The van der Waals surface area contributed by atoms with Gasteiger partial charge in [-0.2, -0.15) is 0 Å². The fourth-order valence-electron chi connectivity index (χ4n) is 1.79. The van der Waals surface area contributed by atoms with Crippen molar-refractivity contribution in [2.75, 3.05) is 26.3 Å². The van der Waals surface area contributed by atoms with Crippen molar-refractivity contribution in [3.63, 3.8) is 0 Å². The Balaban J connectivity index is 0.00000400. The highest BCUT2D eigenvalue weighted by Crippen LogP contribution is 2.17. The van der Waals surface area contributed by atoms with Crippen molar-refractivity contribution in [2.45, 2.75) is 40.0 Å². The third-order valence-corrected chi connectivity index (χ3v) is 3.92. The largest absolute Gasteiger partial charge is 0.382 e. The van der Waals surface area contributed by atoms with Gasteiger partial charge in [-0.1, -0.05) is 6.92 Å². The van der Waals surface area contributed by atoms with Crippen LogP contribution in [-0.4, -0.2) is 37.2 Å². The molecular weight excluding hydrogens is 399 g/mol. The van der Waals surface area contributed by atoms with Crippen molar-refractivity contribution in [3.05, 3.63) is 15.6 Å². The minimum absolute atomic E-state index is 0. The van der Waals surface area contributed by atoms with E-state index < -0.39 is 0 Å². The molecule has 1 aromatic rings. The summed E-state index contributed by atoms with van der Waals surface area (Å²) in [5.74, 6) is 0.505. The number of hydrogen-bond acceptors (Lipinski definition) is 4. The molecule has 5 nitrogen and oxygen atoms in total. The van der Waals surface area contributed by atoms with Gasteiger partial charge < -0.3 is 15.8 Å². The first-order valence-corrected chi connectivity index (χ1v) is 8.05. The smallest absolute Gasteiger partial charge is 0.188 e. The van der Waals surface area contributed by atoms with E-state index in [1.165, 1.54) is 10.6 Å². The fraction of sp³-hybridized carbons (Fsp3) is 0.714. The molecule has 1 rings (SSSR count). The maximum absolute atomic E-state index is 5.79. The molecule has 7 heteroatoms. The van der Waals surface area contributed by atoms with Crippen LogP contribution in [0.5, 0.6) is 0 Å². The molecule has 0 aromatic carbocycles. The number of nitrogens with one attached hydrogen (secondary N) is 1. The molecule has 0 amide bonds. The van der Waals surface area contributed by atoms with E-state index >= 15 is 0 Å². The molecule has 0 aliphatic carbocycles. The Morgan fingerprint density at radius 3 is 2.81 bits per heavy atom. The summed E-state index contributed by atoms with van der Waals surface area (Å²) >= 11 is 1.77. The predicted molar refractivity (Wildman–Crippen MR) is 101 cm³/mol. The van der Waals surface area contributed by atoms with Gasteiger partial charge in [0, 0.05) is 37.6 Å². The predicted octanol–water partition coefficient (Wildman–Crippen LogP) is 2.51. The lowest BCUT2D eigenvalue weighted by atomic mass is 10.3. The summed E-state index contributed by atoms with van der Waals surface area (Å²) in [6.45, 7) is 9.23. The molecule has 0 saturated heterocycles. The molecule has 0 fully saturated rings. The number of hydrogen-bond donors (Lipinski definition) is 2. The molecule has 0 radical (unpaired) electrons. The molecule has 0 atom stereocenters. The van der Waals surface area contributed by atoms with Crippen LogP contribution < -0.4 is 11.1 Å². The van der Waals surface area contributed by atoms with Crippen LogP contribution in [0.15, 0.2) is 4.99 Å². The van der Waals surface area contributed by atoms with Crippen LogP contribution in [0.1, 0.15) is 35.8 Å². The van der Waals surface area contributed by atoms with Gasteiger partial charge in [0.2, 0.25) is 0 Å². The first kappa shape index (κ1) is 20.6. The second kappa shape index (κ2) is 12.2. The number of aliphatic imine (C=N–C) groups is 1. The van der Waals surface area contributed by atoms with Gasteiger partial charge in [-0.3, -0.25) is 4.99 Å². The molecule has 1 aromatic heterocycles. The van der Waals surface area contributed by atoms with E-state index in [2.05, 4.69) is 29.1 Å². The maximum Gasteiger partial charge on any atom is 0.188 e. The Bertz CT molecular complexity index is 423. The number of nitrogens with two attached hydrogens (primary N) is 1. The Morgan fingerprint density at radius 1 is 1.43 bits per heavy atom. The van der Waals surface area contributed by atoms with Crippen molar-refractivity contribution in [1.82, 2.24) is 10.3 Å². The summed E-state index contributed by atoms with van der Waals surface area (Å²) in [6, 6.07) is 0. The fourth-order valence-corrected chi connectivity index (χ4v) is 2.81. The number of nitrogens with zero attached hydrogens (tertiary/aromatic N) is 2.